The number of nitrogens with one attached hydrogen (secondary N) is 1. The molecule has 0 bridgehead atoms. The van der Waals surface area contributed by atoms with E-state index in [4.69, 9.17) is 0 Å². The lowest BCUT2D eigenvalue weighted by Crippen LogP contribution is -2.39. The lowest BCUT2D eigenvalue weighted by atomic mass is 10.1. The van der Waals surface area contributed by atoms with Gasteiger partial charge in [0.2, 0.25) is 11.8 Å². The van der Waals surface area contributed by atoms with Crippen molar-refractivity contribution in [3.8, 4) is 0 Å². The Kier molecular flexibility index (Phi) is 5.74. The van der Waals surface area contributed by atoms with Crippen molar-refractivity contribution < 1.29 is 9.59 Å². The first-order chi connectivity index (χ1) is 9.32. The quantitative estimate of drug-likeness (QED) is 0.898. The van der Waals surface area contributed by atoms with Crippen molar-refractivity contribution in [2.45, 2.75) is 34.6 Å². The van der Waals surface area contributed by atoms with E-state index in [1.165, 1.54) is 5.56 Å². The summed E-state index contributed by atoms with van der Waals surface area (Å²) in [4.78, 5) is 25.0. The fraction of sp³-hybridized carbons (Fsp3) is 0.500. The van der Waals surface area contributed by atoms with Gasteiger partial charge in [0.1, 0.15) is 0 Å². The molecule has 1 aromatic carbocycles. The van der Waals surface area contributed by atoms with Gasteiger partial charge in [-0.2, -0.15) is 0 Å². The van der Waals surface area contributed by atoms with E-state index in [9.17, 15) is 9.59 Å². The summed E-state index contributed by atoms with van der Waals surface area (Å²) in [6.45, 7) is 10.2. The minimum Gasteiger partial charge on any atom is -0.354 e. The van der Waals surface area contributed by atoms with Gasteiger partial charge in [0, 0.05) is 31.6 Å². The average molecular weight is 276 g/mol. The SMILES string of the molecule is CC(=O)N(CCNC(=O)C(C)C)c1ccc(C)cc1C. The molecule has 0 aliphatic heterocycles. The van der Waals surface area contributed by atoms with E-state index in [0.717, 1.165) is 11.3 Å². The molecule has 0 aromatic heterocycles. The van der Waals surface area contributed by atoms with Crippen molar-refractivity contribution >= 4 is 17.5 Å². The zero-order valence-corrected chi connectivity index (χ0v) is 13.0. The number of carbonyl (C=O) groups is 2. The molecule has 1 N–H and O–H groups in total. The van der Waals surface area contributed by atoms with E-state index in [0.29, 0.717) is 13.1 Å². The largest absolute Gasteiger partial charge is 0.354 e. The standard InChI is InChI=1S/C16H24N2O2/c1-11(2)16(20)17-8-9-18(14(5)19)15-7-6-12(3)10-13(15)4/h6-7,10-11H,8-9H2,1-5H3,(H,17,20). The molecule has 0 aliphatic rings. The predicted molar refractivity (Wildman–Crippen MR) is 81.8 cm³/mol. The summed E-state index contributed by atoms with van der Waals surface area (Å²) in [5.41, 5.74) is 3.14. The summed E-state index contributed by atoms with van der Waals surface area (Å²) >= 11 is 0. The molecule has 0 aliphatic carbocycles. The van der Waals surface area contributed by atoms with Crippen LogP contribution in [0.1, 0.15) is 31.9 Å². The highest BCUT2D eigenvalue weighted by Gasteiger charge is 2.14. The molecule has 0 spiro atoms. The fourth-order valence-electron chi connectivity index (χ4n) is 2.05. The Labute approximate surface area is 121 Å². The van der Waals surface area contributed by atoms with Gasteiger partial charge >= 0.3 is 0 Å². The van der Waals surface area contributed by atoms with Crippen LogP contribution in [-0.4, -0.2) is 24.9 Å². The summed E-state index contributed by atoms with van der Waals surface area (Å²) in [5, 5.41) is 2.84. The Morgan fingerprint density at radius 3 is 2.40 bits per heavy atom. The lowest BCUT2D eigenvalue weighted by Gasteiger charge is -2.23. The monoisotopic (exact) mass is 276 g/mol. The highest BCUT2D eigenvalue weighted by atomic mass is 16.2. The van der Waals surface area contributed by atoms with Gasteiger partial charge in [-0.15, -0.1) is 0 Å². The Balaban J connectivity index is 2.75. The average Bonchev–Trinajstić information content (AvgIpc) is 2.35. The smallest absolute Gasteiger partial charge is 0.223 e. The lowest BCUT2D eigenvalue weighted by molar-refractivity contribution is -0.124. The normalized spacial score (nSPS) is 10.5. The van der Waals surface area contributed by atoms with Gasteiger partial charge in [0.05, 0.1) is 0 Å². The molecule has 0 atom stereocenters. The number of rotatable bonds is 5. The second-order valence-corrected chi connectivity index (χ2v) is 5.41. The summed E-state index contributed by atoms with van der Waals surface area (Å²) < 4.78 is 0. The molecule has 110 valence electrons. The molecular weight excluding hydrogens is 252 g/mol. The van der Waals surface area contributed by atoms with Crippen LogP contribution in [0, 0.1) is 19.8 Å². The molecule has 0 fully saturated rings. The minimum atomic E-state index is -0.0399. The van der Waals surface area contributed by atoms with Gasteiger partial charge in [0.15, 0.2) is 0 Å². The topological polar surface area (TPSA) is 49.4 Å². The summed E-state index contributed by atoms with van der Waals surface area (Å²) in [7, 11) is 0. The molecule has 0 saturated heterocycles. The van der Waals surface area contributed by atoms with Crippen LogP contribution in [0.25, 0.3) is 0 Å². The Bertz CT molecular complexity index is 495. The van der Waals surface area contributed by atoms with E-state index in [2.05, 4.69) is 11.4 Å². The van der Waals surface area contributed by atoms with Crippen LogP contribution in [0.3, 0.4) is 0 Å². The predicted octanol–water partition coefficient (Wildman–Crippen LogP) is 2.43. The number of amides is 2. The van der Waals surface area contributed by atoms with Crippen molar-refractivity contribution in [2.24, 2.45) is 5.92 Å². The zero-order chi connectivity index (χ0) is 15.3. The zero-order valence-electron chi connectivity index (χ0n) is 13.0. The van der Waals surface area contributed by atoms with E-state index < -0.39 is 0 Å². The molecule has 0 heterocycles. The second kappa shape index (κ2) is 7.08. The molecule has 20 heavy (non-hydrogen) atoms. The van der Waals surface area contributed by atoms with Gasteiger partial charge in [0.25, 0.3) is 0 Å². The van der Waals surface area contributed by atoms with Crippen molar-refractivity contribution in [1.82, 2.24) is 5.32 Å². The first-order valence-corrected chi connectivity index (χ1v) is 6.96. The second-order valence-electron chi connectivity index (χ2n) is 5.41. The molecule has 2 amide bonds. The molecule has 0 saturated carbocycles. The van der Waals surface area contributed by atoms with Gasteiger partial charge in [-0.25, -0.2) is 0 Å². The summed E-state index contributed by atoms with van der Waals surface area (Å²) in [6.07, 6.45) is 0. The maximum Gasteiger partial charge on any atom is 0.223 e. The van der Waals surface area contributed by atoms with Crippen LogP contribution in [0.15, 0.2) is 18.2 Å². The molecule has 0 radical (unpaired) electrons. The van der Waals surface area contributed by atoms with Gasteiger partial charge < -0.3 is 10.2 Å². The highest BCUT2D eigenvalue weighted by molar-refractivity contribution is 5.92. The first-order valence-electron chi connectivity index (χ1n) is 6.96. The summed E-state index contributed by atoms with van der Waals surface area (Å²) in [5.74, 6) is -0.0493. The number of nitrogens with zero attached hydrogens (tertiary/aromatic N) is 1. The molecule has 4 nitrogen and oxygen atoms in total. The van der Waals surface area contributed by atoms with Crippen LogP contribution < -0.4 is 10.2 Å². The Morgan fingerprint density at radius 2 is 1.90 bits per heavy atom. The van der Waals surface area contributed by atoms with Crippen LogP contribution >= 0.6 is 0 Å². The fourth-order valence-corrected chi connectivity index (χ4v) is 2.05. The van der Waals surface area contributed by atoms with Crippen molar-refractivity contribution in [2.75, 3.05) is 18.0 Å². The van der Waals surface area contributed by atoms with Crippen molar-refractivity contribution in [1.29, 1.82) is 0 Å². The number of carbonyl (C=O) groups excluding carboxylic acids is 2. The van der Waals surface area contributed by atoms with Crippen molar-refractivity contribution in [3.63, 3.8) is 0 Å². The third-order valence-electron chi connectivity index (χ3n) is 3.18. The van der Waals surface area contributed by atoms with Crippen molar-refractivity contribution in [3.05, 3.63) is 29.3 Å². The Hall–Kier alpha value is -1.84. The Morgan fingerprint density at radius 1 is 1.25 bits per heavy atom. The van der Waals surface area contributed by atoms with E-state index >= 15 is 0 Å². The number of benzene rings is 1. The van der Waals surface area contributed by atoms with Crippen LogP contribution in [0.5, 0.6) is 0 Å². The number of hydrogen-bond donors (Lipinski definition) is 1. The third-order valence-corrected chi connectivity index (χ3v) is 3.18. The maximum atomic E-state index is 11.8. The van der Waals surface area contributed by atoms with E-state index in [1.807, 2.05) is 39.8 Å². The minimum absolute atomic E-state index is 0.00845. The molecule has 1 rings (SSSR count). The molecule has 4 heteroatoms. The van der Waals surface area contributed by atoms with Crippen LogP contribution in [0.2, 0.25) is 0 Å². The van der Waals surface area contributed by atoms with Gasteiger partial charge in [-0.1, -0.05) is 31.5 Å². The highest BCUT2D eigenvalue weighted by Crippen LogP contribution is 2.21. The third kappa shape index (κ3) is 4.37. The van der Waals surface area contributed by atoms with Crippen LogP contribution in [-0.2, 0) is 9.59 Å². The van der Waals surface area contributed by atoms with E-state index in [-0.39, 0.29) is 17.7 Å². The maximum absolute atomic E-state index is 11.8. The van der Waals surface area contributed by atoms with Crippen LogP contribution in [0.4, 0.5) is 5.69 Å². The molecule has 0 unspecified atom stereocenters. The molecule has 1 aromatic rings. The van der Waals surface area contributed by atoms with Gasteiger partial charge in [-0.3, -0.25) is 9.59 Å². The number of hydrogen-bond acceptors (Lipinski definition) is 2. The van der Waals surface area contributed by atoms with E-state index in [1.54, 1.807) is 11.8 Å². The molecular formula is C16H24N2O2. The van der Waals surface area contributed by atoms with Gasteiger partial charge in [-0.05, 0) is 25.5 Å². The summed E-state index contributed by atoms with van der Waals surface area (Å²) in [6, 6.07) is 6.00. The number of anilines is 1. The first kappa shape index (κ1) is 16.2. The number of aryl methyl sites for hydroxylation is 2.